The quantitative estimate of drug-likeness (QED) is 0.804. The highest BCUT2D eigenvalue weighted by Crippen LogP contribution is 2.16. The molecule has 0 saturated carbocycles. The van der Waals surface area contributed by atoms with Crippen LogP contribution in [-0.4, -0.2) is 15.6 Å². The van der Waals surface area contributed by atoms with Crippen molar-refractivity contribution < 1.29 is 14.3 Å². The van der Waals surface area contributed by atoms with Gasteiger partial charge in [-0.15, -0.1) is 0 Å². The lowest BCUT2D eigenvalue weighted by molar-refractivity contribution is -0.140. The number of carboxylic acids is 1. The van der Waals surface area contributed by atoms with Gasteiger partial charge >= 0.3 is 11.7 Å². The predicted octanol–water partition coefficient (Wildman–Crippen LogP) is 1.24. The second-order valence-corrected chi connectivity index (χ2v) is 3.22. The molecule has 1 atom stereocenters. The third-order valence-corrected chi connectivity index (χ3v) is 2.26. The van der Waals surface area contributed by atoms with E-state index in [1.54, 1.807) is 24.3 Å². The lowest BCUT2D eigenvalue weighted by Crippen LogP contribution is -2.24. The van der Waals surface area contributed by atoms with Gasteiger partial charge < -0.3 is 9.52 Å². The number of nitrogens with zero attached hydrogens (tertiary/aromatic N) is 1. The molecule has 0 amide bonds. The Balaban J connectivity index is 2.74. The molecule has 0 aliphatic heterocycles. The van der Waals surface area contributed by atoms with Crippen LogP contribution < -0.4 is 5.76 Å². The number of carbonyl (C=O) groups is 1. The number of oxazole rings is 1. The van der Waals surface area contributed by atoms with Gasteiger partial charge in [0, 0.05) is 0 Å². The molecule has 1 heterocycles. The molecule has 0 unspecified atom stereocenters. The number of hydrogen-bond donors (Lipinski definition) is 1. The third kappa shape index (κ3) is 1.41. The van der Waals surface area contributed by atoms with Crippen LogP contribution in [0.15, 0.2) is 33.5 Å². The molecule has 0 saturated heterocycles. The van der Waals surface area contributed by atoms with Crippen LogP contribution in [0.5, 0.6) is 0 Å². The zero-order valence-corrected chi connectivity index (χ0v) is 8.01. The molecule has 5 heteroatoms. The number of carboxylic acid groups (broad SMARTS) is 1. The summed E-state index contributed by atoms with van der Waals surface area (Å²) < 4.78 is 6.04. The maximum Gasteiger partial charge on any atom is 0.420 e. The Kier molecular flexibility index (Phi) is 2.07. The van der Waals surface area contributed by atoms with Crippen molar-refractivity contribution in [2.75, 3.05) is 0 Å². The van der Waals surface area contributed by atoms with E-state index in [2.05, 4.69) is 0 Å². The van der Waals surface area contributed by atoms with E-state index in [4.69, 9.17) is 9.52 Å². The zero-order chi connectivity index (χ0) is 11.0. The Labute approximate surface area is 84.5 Å². The summed E-state index contributed by atoms with van der Waals surface area (Å²) in [5, 5.41) is 8.84. The van der Waals surface area contributed by atoms with Gasteiger partial charge in [-0.05, 0) is 19.1 Å². The molecule has 78 valence electrons. The van der Waals surface area contributed by atoms with Crippen LogP contribution in [0.4, 0.5) is 0 Å². The highest BCUT2D eigenvalue weighted by atomic mass is 16.4. The SMILES string of the molecule is C[C@H](C(=O)O)n1c(=O)oc2ccccc21. The maximum atomic E-state index is 11.4. The fourth-order valence-corrected chi connectivity index (χ4v) is 1.46. The molecule has 0 radical (unpaired) electrons. The first-order valence-corrected chi connectivity index (χ1v) is 4.44. The molecule has 15 heavy (non-hydrogen) atoms. The average Bonchev–Trinajstić information content (AvgIpc) is 2.52. The Hall–Kier alpha value is -2.04. The van der Waals surface area contributed by atoms with Crippen LogP contribution in [0.3, 0.4) is 0 Å². The van der Waals surface area contributed by atoms with Gasteiger partial charge in [0.25, 0.3) is 0 Å². The summed E-state index contributed by atoms with van der Waals surface area (Å²) in [6.45, 7) is 1.44. The summed E-state index contributed by atoms with van der Waals surface area (Å²) in [6.07, 6.45) is 0. The summed E-state index contributed by atoms with van der Waals surface area (Å²) in [7, 11) is 0. The van der Waals surface area contributed by atoms with E-state index in [9.17, 15) is 9.59 Å². The lowest BCUT2D eigenvalue weighted by atomic mass is 10.3. The van der Waals surface area contributed by atoms with Gasteiger partial charge in [-0.2, -0.15) is 0 Å². The van der Waals surface area contributed by atoms with Gasteiger partial charge in [-0.1, -0.05) is 12.1 Å². The number of aliphatic carboxylic acids is 1. The summed E-state index contributed by atoms with van der Waals surface area (Å²) in [4.78, 5) is 22.2. The molecule has 1 aromatic carbocycles. The Morgan fingerprint density at radius 3 is 2.80 bits per heavy atom. The molecule has 0 bridgehead atoms. The summed E-state index contributed by atoms with van der Waals surface area (Å²) in [6, 6.07) is 5.80. The number of benzene rings is 1. The smallest absolute Gasteiger partial charge is 0.420 e. The van der Waals surface area contributed by atoms with Crippen molar-refractivity contribution in [1.82, 2.24) is 4.57 Å². The Bertz CT molecular complexity index is 566. The monoisotopic (exact) mass is 207 g/mol. The number of fused-ring (bicyclic) bond motifs is 1. The average molecular weight is 207 g/mol. The van der Waals surface area contributed by atoms with Gasteiger partial charge in [-0.3, -0.25) is 4.57 Å². The molecular formula is C10H9NO4. The van der Waals surface area contributed by atoms with E-state index in [0.717, 1.165) is 4.57 Å². The number of para-hydroxylation sites is 2. The highest BCUT2D eigenvalue weighted by molar-refractivity contribution is 5.77. The molecule has 2 rings (SSSR count). The first-order chi connectivity index (χ1) is 7.11. The van der Waals surface area contributed by atoms with Gasteiger partial charge in [0.2, 0.25) is 0 Å². The number of rotatable bonds is 2. The van der Waals surface area contributed by atoms with Crippen molar-refractivity contribution in [3.05, 3.63) is 34.8 Å². The molecule has 0 aliphatic rings. The summed E-state index contributed by atoms with van der Waals surface area (Å²) >= 11 is 0. The van der Waals surface area contributed by atoms with Crippen molar-refractivity contribution in [3.63, 3.8) is 0 Å². The van der Waals surface area contributed by atoms with E-state index >= 15 is 0 Å². The van der Waals surface area contributed by atoms with Gasteiger partial charge in [0.05, 0.1) is 5.52 Å². The van der Waals surface area contributed by atoms with Crippen LogP contribution in [-0.2, 0) is 4.79 Å². The van der Waals surface area contributed by atoms with Crippen LogP contribution >= 0.6 is 0 Å². The third-order valence-electron chi connectivity index (χ3n) is 2.26. The molecule has 1 N–H and O–H groups in total. The van der Waals surface area contributed by atoms with Crippen LogP contribution in [0, 0.1) is 0 Å². The fourth-order valence-electron chi connectivity index (χ4n) is 1.46. The van der Waals surface area contributed by atoms with E-state index in [1.807, 2.05) is 0 Å². The normalized spacial score (nSPS) is 12.9. The summed E-state index contributed by atoms with van der Waals surface area (Å²) in [5.41, 5.74) is 0.896. The first kappa shape index (κ1) is 9.51. The number of aromatic nitrogens is 1. The Morgan fingerprint density at radius 1 is 1.47 bits per heavy atom. The van der Waals surface area contributed by atoms with Crippen molar-refractivity contribution in [1.29, 1.82) is 0 Å². The summed E-state index contributed by atoms with van der Waals surface area (Å²) in [5.74, 6) is -1.71. The van der Waals surface area contributed by atoms with E-state index in [0.29, 0.717) is 11.1 Å². The fraction of sp³-hybridized carbons (Fsp3) is 0.200. The van der Waals surface area contributed by atoms with Crippen molar-refractivity contribution in [2.45, 2.75) is 13.0 Å². The van der Waals surface area contributed by atoms with Crippen molar-refractivity contribution in [2.24, 2.45) is 0 Å². The molecule has 2 aromatic rings. The molecule has 1 aromatic heterocycles. The van der Waals surface area contributed by atoms with E-state index in [1.165, 1.54) is 6.92 Å². The van der Waals surface area contributed by atoms with Gasteiger partial charge in [0.1, 0.15) is 6.04 Å². The van der Waals surface area contributed by atoms with Crippen LogP contribution in [0.25, 0.3) is 11.1 Å². The van der Waals surface area contributed by atoms with Gasteiger partial charge in [0.15, 0.2) is 5.58 Å². The standard InChI is InChI=1S/C10H9NO4/c1-6(9(12)13)11-7-4-2-3-5-8(7)15-10(11)14/h2-6H,1H3,(H,12,13)/t6-/m1/s1. The second kappa shape index (κ2) is 3.27. The minimum absolute atomic E-state index is 0.399. The minimum Gasteiger partial charge on any atom is -0.480 e. The minimum atomic E-state index is -1.07. The molecule has 0 fully saturated rings. The van der Waals surface area contributed by atoms with Crippen molar-refractivity contribution in [3.8, 4) is 0 Å². The molecular weight excluding hydrogens is 198 g/mol. The lowest BCUT2D eigenvalue weighted by Gasteiger charge is -2.05. The first-order valence-electron chi connectivity index (χ1n) is 4.44. The molecule has 0 aliphatic carbocycles. The molecule has 5 nitrogen and oxygen atoms in total. The van der Waals surface area contributed by atoms with Crippen LogP contribution in [0.1, 0.15) is 13.0 Å². The zero-order valence-electron chi connectivity index (χ0n) is 8.01. The largest absolute Gasteiger partial charge is 0.480 e. The second-order valence-electron chi connectivity index (χ2n) is 3.22. The Morgan fingerprint density at radius 2 is 2.13 bits per heavy atom. The van der Waals surface area contributed by atoms with Gasteiger partial charge in [-0.25, -0.2) is 9.59 Å². The van der Waals surface area contributed by atoms with Crippen molar-refractivity contribution >= 4 is 17.1 Å². The maximum absolute atomic E-state index is 11.4. The van der Waals surface area contributed by atoms with E-state index < -0.39 is 17.8 Å². The number of hydrogen-bond acceptors (Lipinski definition) is 3. The predicted molar refractivity (Wildman–Crippen MR) is 52.8 cm³/mol. The topological polar surface area (TPSA) is 72.4 Å². The highest BCUT2D eigenvalue weighted by Gasteiger charge is 2.19. The molecule has 0 spiro atoms. The van der Waals surface area contributed by atoms with Crippen LogP contribution in [0.2, 0.25) is 0 Å². The van der Waals surface area contributed by atoms with E-state index in [-0.39, 0.29) is 0 Å².